The first-order valence-corrected chi connectivity index (χ1v) is 6.37. The Labute approximate surface area is 108 Å². The summed E-state index contributed by atoms with van der Waals surface area (Å²) in [5.41, 5.74) is 9.25. The molecule has 2 aromatic heterocycles. The summed E-state index contributed by atoms with van der Waals surface area (Å²) in [6.07, 6.45) is 5.77. The Morgan fingerprint density at radius 1 is 1.44 bits per heavy atom. The molecule has 5 nitrogen and oxygen atoms in total. The summed E-state index contributed by atoms with van der Waals surface area (Å²) in [5, 5.41) is 8.80. The van der Waals surface area contributed by atoms with Gasteiger partial charge in [-0.2, -0.15) is 10.2 Å². The largest absolute Gasteiger partial charge is 0.328 e. The van der Waals surface area contributed by atoms with E-state index >= 15 is 0 Å². The third-order valence-corrected chi connectivity index (χ3v) is 2.96. The molecule has 0 radical (unpaired) electrons. The van der Waals surface area contributed by atoms with Crippen LogP contribution in [0.5, 0.6) is 0 Å². The van der Waals surface area contributed by atoms with Gasteiger partial charge < -0.3 is 5.73 Å². The van der Waals surface area contributed by atoms with Crippen molar-refractivity contribution in [2.24, 2.45) is 12.8 Å². The predicted molar refractivity (Wildman–Crippen MR) is 71.3 cm³/mol. The van der Waals surface area contributed by atoms with E-state index in [0.717, 1.165) is 25.1 Å². The van der Waals surface area contributed by atoms with Gasteiger partial charge in [0, 0.05) is 19.3 Å². The minimum Gasteiger partial charge on any atom is -0.328 e. The quantitative estimate of drug-likeness (QED) is 0.861. The van der Waals surface area contributed by atoms with Crippen LogP contribution in [0, 0.1) is 0 Å². The van der Waals surface area contributed by atoms with Crippen LogP contribution in [0.25, 0.3) is 0 Å². The Kier molecular flexibility index (Phi) is 3.81. The smallest absolute Gasteiger partial charge is 0.0828 e. The molecule has 2 rings (SSSR count). The van der Waals surface area contributed by atoms with Crippen LogP contribution in [0.3, 0.4) is 0 Å². The standard InChI is InChI=1S/C13H21N5/c1-4-12-6-13(17(3)16-12)9-18-8-11(7-15-18)5-10(2)14/h6-8,10H,4-5,9,14H2,1-3H3. The molecular formula is C13H21N5. The summed E-state index contributed by atoms with van der Waals surface area (Å²) in [6, 6.07) is 2.30. The number of aromatic nitrogens is 4. The molecule has 1 unspecified atom stereocenters. The van der Waals surface area contributed by atoms with Crippen molar-refractivity contribution in [2.45, 2.75) is 39.3 Å². The lowest BCUT2D eigenvalue weighted by atomic mass is 10.1. The molecule has 2 heterocycles. The van der Waals surface area contributed by atoms with Gasteiger partial charge >= 0.3 is 0 Å². The lowest BCUT2D eigenvalue weighted by Crippen LogP contribution is -2.17. The molecule has 0 aliphatic rings. The zero-order chi connectivity index (χ0) is 13.1. The van der Waals surface area contributed by atoms with Gasteiger partial charge in [-0.3, -0.25) is 9.36 Å². The second kappa shape index (κ2) is 5.35. The monoisotopic (exact) mass is 247 g/mol. The van der Waals surface area contributed by atoms with Crippen LogP contribution in [0.15, 0.2) is 18.5 Å². The summed E-state index contributed by atoms with van der Waals surface area (Å²) < 4.78 is 3.86. The van der Waals surface area contributed by atoms with E-state index in [0.29, 0.717) is 0 Å². The van der Waals surface area contributed by atoms with E-state index in [1.54, 1.807) is 0 Å². The molecule has 0 fully saturated rings. The normalized spacial score (nSPS) is 12.9. The van der Waals surface area contributed by atoms with E-state index in [2.05, 4.69) is 29.4 Å². The number of nitrogens with zero attached hydrogens (tertiary/aromatic N) is 4. The van der Waals surface area contributed by atoms with Gasteiger partial charge in [0.2, 0.25) is 0 Å². The third kappa shape index (κ3) is 2.98. The highest BCUT2D eigenvalue weighted by molar-refractivity contribution is 5.12. The highest BCUT2D eigenvalue weighted by Gasteiger charge is 2.06. The van der Waals surface area contributed by atoms with Crippen LogP contribution < -0.4 is 5.73 Å². The lowest BCUT2D eigenvalue weighted by Gasteiger charge is -2.02. The minimum absolute atomic E-state index is 0.172. The maximum Gasteiger partial charge on any atom is 0.0828 e. The van der Waals surface area contributed by atoms with Gasteiger partial charge in [0.05, 0.1) is 24.1 Å². The van der Waals surface area contributed by atoms with Crippen LogP contribution >= 0.6 is 0 Å². The highest BCUT2D eigenvalue weighted by Crippen LogP contribution is 2.07. The number of hydrogen-bond donors (Lipinski definition) is 1. The molecule has 0 amide bonds. The summed E-state index contributed by atoms with van der Waals surface area (Å²) in [5.74, 6) is 0. The zero-order valence-electron chi connectivity index (χ0n) is 11.3. The molecule has 18 heavy (non-hydrogen) atoms. The Hall–Kier alpha value is -1.62. The lowest BCUT2D eigenvalue weighted by molar-refractivity contribution is 0.617. The minimum atomic E-state index is 0.172. The Bertz CT molecular complexity index is 509. The van der Waals surface area contributed by atoms with Crippen LogP contribution in [-0.4, -0.2) is 25.6 Å². The third-order valence-electron chi connectivity index (χ3n) is 2.96. The molecule has 1 atom stereocenters. The van der Waals surface area contributed by atoms with Crippen LogP contribution in [-0.2, 0) is 26.4 Å². The van der Waals surface area contributed by atoms with Crippen molar-refractivity contribution in [3.8, 4) is 0 Å². The van der Waals surface area contributed by atoms with Crippen LogP contribution in [0.2, 0.25) is 0 Å². The molecule has 0 aliphatic heterocycles. The van der Waals surface area contributed by atoms with Gasteiger partial charge in [0.25, 0.3) is 0 Å². The van der Waals surface area contributed by atoms with E-state index in [4.69, 9.17) is 5.73 Å². The second-order valence-electron chi connectivity index (χ2n) is 4.83. The molecule has 2 N–H and O–H groups in total. The summed E-state index contributed by atoms with van der Waals surface area (Å²) in [4.78, 5) is 0. The van der Waals surface area contributed by atoms with Gasteiger partial charge in [-0.05, 0) is 31.4 Å². The average molecular weight is 247 g/mol. The molecule has 5 heteroatoms. The van der Waals surface area contributed by atoms with Gasteiger partial charge in [-0.1, -0.05) is 6.92 Å². The Morgan fingerprint density at radius 2 is 2.22 bits per heavy atom. The number of aryl methyl sites for hydroxylation is 2. The molecule has 0 aliphatic carbocycles. The fourth-order valence-corrected chi connectivity index (χ4v) is 2.03. The van der Waals surface area contributed by atoms with Crippen molar-refractivity contribution in [3.63, 3.8) is 0 Å². The summed E-state index contributed by atoms with van der Waals surface area (Å²) >= 11 is 0. The fourth-order valence-electron chi connectivity index (χ4n) is 2.03. The molecule has 98 valence electrons. The number of nitrogens with two attached hydrogens (primary N) is 1. The number of hydrogen-bond acceptors (Lipinski definition) is 3. The SMILES string of the molecule is CCc1cc(Cn2cc(CC(C)N)cn2)n(C)n1. The van der Waals surface area contributed by atoms with Crippen molar-refractivity contribution in [1.29, 1.82) is 0 Å². The van der Waals surface area contributed by atoms with Gasteiger partial charge in [-0.15, -0.1) is 0 Å². The number of rotatable bonds is 5. The molecule has 0 bridgehead atoms. The Balaban J connectivity index is 2.08. The van der Waals surface area contributed by atoms with Crippen molar-refractivity contribution >= 4 is 0 Å². The van der Waals surface area contributed by atoms with Crippen LogP contribution in [0.4, 0.5) is 0 Å². The topological polar surface area (TPSA) is 61.7 Å². The van der Waals surface area contributed by atoms with Gasteiger partial charge in [0.15, 0.2) is 0 Å². The maximum absolute atomic E-state index is 5.78. The van der Waals surface area contributed by atoms with E-state index < -0.39 is 0 Å². The molecule has 0 saturated heterocycles. The maximum atomic E-state index is 5.78. The first-order chi connectivity index (χ1) is 8.58. The molecule has 2 aromatic rings. The molecule has 0 saturated carbocycles. The second-order valence-corrected chi connectivity index (χ2v) is 4.83. The van der Waals surface area contributed by atoms with Crippen molar-refractivity contribution in [3.05, 3.63) is 35.4 Å². The first kappa shape index (κ1) is 12.8. The average Bonchev–Trinajstić information content (AvgIpc) is 2.86. The molecule has 0 spiro atoms. The van der Waals surface area contributed by atoms with Gasteiger partial charge in [-0.25, -0.2) is 0 Å². The van der Waals surface area contributed by atoms with E-state index in [1.165, 1.54) is 11.3 Å². The van der Waals surface area contributed by atoms with Crippen molar-refractivity contribution < 1.29 is 0 Å². The first-order valence-electron chi connectivity index (χ1n) is 6.37. The van der Waals surface area contributed by atoms with Crippen LogP contribution in [0.1, 0.15) is 30.8 Å². The van der Waals surface area contributed by atoms with E-state index in [1.807, 2.05) is 29.5 Å². The Morgan fingerprint density at radius 3 is 2.83 bits per heavy atom. The summed E-state index contributed by atoms with van der Waals surface area (Å²) in [6.45, 7) is 4.87. The van der Waals surface area contributed by atoms with Crippen molar-refractivity contribution in [2.75, 3.05) is 0 Å². The fraction of sp³-hybridized carbons (Fsp3) is 0.538. The highest BCUT2D eigenvalue weighted by atomic mass is 15.3. The molecular weight excluding hydrogens is 226 g/mol. The van der Waals surface area contributed by atoms with E-state index in [9.17, 15) is 0 Å². The van der Waals surface area contributed by atoms with E-state index in [-0.39, 0.29) is 6.04 Å². The molecule has 0 aromatic carbocycles. The van der Waals surface area contributed by atoms with Crippen molar-refractivity contribution in [1.82, 2.24) is 19.6 Å². The summed E-state index contributed by atoms with van der Waals surface area (Å²) in [7, 11) is 1.97. The zero-order valence-corrected chi connectivity index (χ0v) is 11.3. The van der Waals surface area contributed by atoms with Gasteiger partial charge in [0.1, 0.15) is 0 Å². The predicted octanol–water partition coefficient (Wildman–Crippen LogP) is 1.12.